The number of hydrogen-bond acceptors (Lipinski definition) is 5. The highest BCUT2D eigenvalue weighted by Gasteiger charge is 2.19. The lowest BCUT2D eigenvalue weighted by atomic mass is 10.3. The molecule has 1 aliphatic rings. The normalized spacial score (nSPS) is 18.0. The van der Waals surface area contributed by atoms with E-state index in [2.05, 4.69) is 21.6 Å². The minimum atomic E-state index is -3.70. The Balaban J connectivity index is 1.89. The van der Waals surface area contributed by atoms with Crippen molar-refractivity contribution in [2.45, 2.75) is 4.90 Å². The predicted molar refractivity (Wildman–Crippen MR) is 79.9 cm³/mol. The van der Waals surface area contributed by atoms with Crippen molar-refractivity contribution in [2.75, 3.05) is 52.0 Å². The smallest absolute Gasteiger partial charge is 0.242 e. The van der Waals surface area contributed by atoms with Crippen LogP contribution in [0.15, 0.2) is 23.1 Å². The van der Waals surface area contributed by atoms with Crippen molar-refractivity contribution >= 4 is 15.7 Å². The molecule has 0 bridgehead atoms. The zero-order valence-electron chi connectivity index (χ0n) is 12.0. The molecule has 0 radical (unpaired) electrons. The molecule has 0 spiro atoms. The van der Waals surface area contributed by atoms with Crippen LogP contribution in [0.4, 0.5) is 10.1 Å². The lowest BCUT2D eigenvalue weighted by Gasteiger charge is -2.32. The monoisotopic (exact) mass is 316 g/mol. The largest absolute Gasteiger partial charge is 0.398 e. The number of nitrogen functional groups attached to an aromatic ring is 1. The average molecular weight is 316 g/mol. The first-order valence-corrected chi connectivity index (χ1v) is 8.32. The molecule has 0 amide bonds. The molecule has 2 rings (SSSR count). The highest BCUT2D eigenvalue weighted by molar-refractivity contribution is 7.89. The molecule has 118 valence electrons. The molecule has 1 aliphatic heterocycles. The van der Waals surface area contributed by atoms with Crippen molar-refractivity contribution in [1.29, 1.82) is 0 Å². The van der Waals surface area contributed by atoms with Crippen LogP contribution in [0.3, 0.4) is 0 Å². The Bertz CT molecular complexity index is 586. The van der Waals surface area contributed by atoms with Crippen molar-refractivity contribution in [3.05, 3.63) is 24.0 Å². The summed E-state index contributed by atoms with van der Waals surface area (Å²) in [5.74, 6) is -0.552. The van der Waals surface area contributed by atoms with Gasteiger partial charge in [-0.15, -0.1) is 0 Å². The first-order chi connectivity index (χ1) is 9.88. The molecule has 1 saturated heterocycles. The molecular formula is C13H21FN4O2S. The fourth-order valence-corrected chi connectivity index (χ4v) is 3.38. The van der Waals surface area contributed by atoms with Crippen molar-refractivity contribution in [3.63, 3.8) is 0 Å². The van der Waals surface area contributed by atoms with E-state index in [9.17, 15) is 12.8 Å². The van der Waals surface area contributed by atoms with Gasteiger partial charge >= 0.3 is 0 Å². The van der Waals surface area contributed by atoms with Gasteiger partial charge in [0.25, 0.3) is 0 Å². The molecule has 1 fully saturated rings. The van der Waals surface area contributed by atoms with Gasteiger partial charge in [0.1, 0.15) is 10.7 Å². The van der Waals surface area contributed by atoms with Crippen molar-refractivity contribution in [3.8, 4) is 0 Å². The van der Waals surface area contributed by atoms with Gasteiger partial charge in [-0.05, 0) is 25.2 Å². The minimum absolute atomic E-state index is 0.0812. The Labute approximate surface area is 124 Å². The van der Waals surface area contributed by atoms with E-state index in [0.29, 0.717) is 13.1 Å². The molecule has 8 heteroatoms. The second-order valence-electron chi connectivity index (χ2n) is 5.22. The highest BCUT2D eigenvalue weighted by atomic mass is 32.2. The van der Waals surface area contributed by atoms with Gasteiger partial charge in [-0.1, -0.05) is 0 Å². The number of halogens is 1. The molecule has 3 N–H and O–H groups in total. The zero-order valence-corrected chi connectivity index (χ0v) is 12.9. The fraction of sp³-hybridized carbons (Fsp3) is 0.538. The first-order valence-electron chi connectivity index (χ1n) is 6.84. The van der Waals surface area contributed by atoms with Crippen LogP contribution in [0.25, 0.3) is 0 Å². The SMILES string of the molecule is CN1CCN(CCNS(=O)(=O)c2ccc(F)cc2N)CC1. The summed E-state index contributed by atoms with van der Waals surface area (Å²) >= 11 is 0. The summed E-state index contributed by atoms with van der Waals surface area (Å²) in [4.78, 5) is 4.36. The number of nitrogens with zero attached hydrogens (tertiary/aromatic N) is 2. The van der Waals surface area contributed by atoms with Crippen LogP contribution in [0, 0.1) is 5.82 Å². The van der Waals surface area contributed by atoms with Gasteiger partial charge in [0.2, 0.25) is 10.0 Å². The molecule has 0 aliphatic carbocycles. The maximum absolute atomic E-state index is 13.0. The number of benzene rings is 1. The van der Waals surface area contributed by atoms with Crippen LogP contribution in [0.2, 0.25) is 0 Å². The van der Waals surface area contributed by atoms with E-state index in [1.54, 1.807) is 0 Å². The van der Waals surface area contributed by atoms with Gasteiger partial charge in [0.05, 0.1) is 5.69 Å². The van der Waals surface area contributed by atoms with Gasteiger partial charge in [-0.2, -0.15) is 0 Å². The summed E-state index contributed by atoms with van der Waals surface area (Å²) in [7, 11) is -1.63. The van der Waals surface area contributed by atoms with E-state index in [4.69, 9.17) is 5.73 Å². The Morgan fingerprint density at radius 3 is 2.57 bits per heavy atom. The Morgan fingerprint density at radius 2 is 1.95 bits per heavy atom. The van der Waals surface area contributed by atoms with Crippen molar-refractivity contribution < 1.29 is 12.8 Å². The lowest BCUT2D eigenvalue weighted by molar-refractivity contribution is 0.156. The van der Waals surface area contributed by atoms with Gasteiger partial charge < -0.3 is 10.6 Å². The quantitative estimate of drug-likeness (QED) is 0.744. The van der Waals surface area contributed by atoms with Crippen LogP contribution in [-0.2, 0) is 10.0 Å². The molecule has 0 aromatic heterocycles. The molecule has 1 aromatic carbocycles. The number of likely N-dealkylation sites (N-methyl/N-ethyl adjacent to an activating group) is 1. The molecular weight excluding hydrogens is 295 g/mol. The Morgan fingerprint density at radius 1 is 1.29 bits per heavy atom. The van der Waals surface area contributed by atoms with E-state index in [1.165, 1.54) is 6.07 Å². The molecule has 0 saturated carbocycles. The molecule has 6 nitrogen and oxygen atoms in total. The highest BCUT2D eigenvalue weighted by Crippen LogP contribution is 2.18. The van der Waals surface area contributed by atoms with Gasteiger partial charge in [0, 0.05) is 39.3 Å². The fourth-order valence-electron chi connectivity index (χ4n) is 2.25. The summed E-state index contributed by atoms with van der Waals surface area (Å²) in [5, 5.41) is 0. The molecule has 1 heterocycles. The Kier molecular flexibility index (Phi) is 5.15. The first kappa shape index (κ1) is 16.2. The molecule has 1 aromatic rings. The average Bonchev–Trinajstić information content (AvgIpc) is 2.40. The second kappa shape index (κ2) is 6.69. The third kappa shape index (κ3) is 4.37. The van der Waals surface area contributed by atoms with Crippen LogP contribution < -0.4 is 10.5 Å². The molecule has 21 heavy (non-hydrogen) atoms. The third-order valence-corrected chi connectivity index (χ3v) is 5.11. The topological polar surface area (TPSA) is 78.7 Å². The van der Waals surface area contributed by atoms with E-state index in [-0.39, 0.29) is 10.6 Å². The summed E-state index contributed by atoms with van der Waals surface area (Å²) in [6.45, 7) is 4.78. The van der Waals surface area contributed by atoms with E-state index in [1.807, 2.05) is 0 Å². The van der Waals surface area contributed by atoms with E-state index < -0.39 is 15.8 Å². The van der Waals surface area contributed by atoms with Crippen LogP contribution in [-0.4, -0.2) is 64.5 Å². The third-order valence-electron chi connectivity index (χ3n) is 3.58. The lowest BCUT2D eigenvalue weighted by Crippen LogP contribution is -2.46. The summed E-state index contributed by atoms with van der Waals surface area (Å²) in [6, 6.07) is 3.28. The summed E-state index contributed by atoms with van der Waals surface area (Å²) in [6.07, 6.45) is 0. The molecule has 0 unspecified atom stereocenters. The zero-order chi connectivity index (χ0) is 15.5. The summed E-state index contributed by atoms with van der Waals surface area (Å²) < 4.78 is 39.7. The number of rotatable bonds is 5. The minimum Gasteiger partial charge on any atom is -0.398 e. The second-order valence-corrected chi connectivity index (χ2v) is 6.96. The molecule has 0 atom stereocenters. The maximum atomic E-state index is 13.0. The predicted octanol–water partition coefficient (Wildman–Crippen LogP) is -0.0664. The van der Waals surface area contributed by atoms with Crippen LogP contribution in [0.1, 0.15) is 0 Å². The number of nitrogens with two attached hydrogens (primary N) is 1. The number of anilines is 1. The van der Waals surface area contributed by atoms with E-state index >= 15 is 0 Å². The van der Waals surface area contributed by atoms with Crippen molar-refractivity contribution in [2.24, 2.45) is 0 Å². The number of nitrogens with one attached hydrogen (secondary N) is 1. The van der Waals surface area contributed by atoms with Gasteiger partial charge in [0.15, 0.2) is 0 Å². The standard InChI is InChI=1S/C13H21FN4O2S/c1-17-6-8-18(9-7-17)5-4-16-21(19,20)13-3-2-11(14)10-12(13)15/h2-3,10,16H,4-9,15H2,1H3. The van der Waals surface area contributed by atoms with Crippen molar-refractivity contribution in [1.82, 2.24) is 14.5 Å². The van der Waals surface area contributed by atoms with E-state index in [0.717, 1.165) is 38.3 Å². The van der Waals surface area contributed by atoms with Gasteiger partial charge in [-0.25, -0.2) is 17.5 Å². The summed E-state index contributed by atoms with van der Waals surface area (Å²) in [5.41, 5.74) is 5.48. The number of sulfonamides is 1. The maximum Gasteiger partial charge on any atom is 0.242 e. The number of hydrogen-bond donors (Lipinski definition) is 2. The van der Waals surface area contributed by atoms with Crippen LogP contribution in [0.5, 0.6) is 0 Å². The van der Waals surface area contributed by atoms with Crippen LogP contribution >= 0.6 is 0 Å². The van der Waals surface area contributed by atoms with Gasteiger partial charge in [-0.3, -0.25) is 4.90 Å². The Hall–Kier alpha value is -1.22. The number of piperazine rings is 1.